The van der Waals surface area contributed by atoms with Gasteiger partial charge < -0.3 is 9.72 Å². The molecular weight excluding hydrogens is 314 g/mol. The van der Waals surface area contributed by atoms with E-state index in [9.17, 15) is 13.6 Å². The van der Waals surface area contributed by atoms with Crippen LogP contribution in [0.3, 0.4) is 0 Å². The van der Waals surface area contributed by atoms with Crippen molar-refractivity contribution in [2.45, 2.75) is 19.5 Å². The van der Waals surface area contributed by atoms with Crippen molar-refractivity contribution >= 4 is 17.4 Å². The summed E-state index contributed by atoms with van der Waals surface area (Å²) in [5, 5.41) is 2.62. The molecule has 1 saturated carbocycles. The van der Waals surface area contributed by atoms with E-state index in [1.54, 1.807) is 36.0 Å². The van der Waals surface area contributed by atoms with Crippen LogP contribution in [-0.4, -0.2) is 26.4 Å². The van der Waals surface area contributed by atoms with Crippen molar-refractivity contribution in [3.8, 4) is 11.1 Å². The molecule has 2 unspecified atom stereocenters. The molecule has 0 bridgehead atoms. The van der Waals surface area contributed by atoms with E-state index in [2.05, 4.69) is 15.3 Å². The molecule has 3 heterocycles. The van der Waals surface area contributed by atoms with Crippen LogP contribution < -0.4 is 5.32 Å². The van der Waals surface area contributed by atoms with Gasteiger partial charge in [-0.3, -0.25) is 9.78 Å². The molecule has 1 N–H and O–H groups in total. The van der Waals surface area contributed by atoms with E-state index in [0.717, 1.165) is 5.56 Å². The van der Waals surface area contributed by atoms with E-state index < -0.39 is 12.1 Å². The molecule has 2 atom stereocenters. The van der Waals surface area contributed by atoms with Gasteiger partial charge in [-0.1, -0.05) is 0 Å². The number of aromatic nitrogens is 3. The standard InChI is InChI=1S/C17H14F2N4O/c1-9-12(5-20-6-14(9)19)10-2-3-16-21-15(8-23(16)7-10)22-17(24)11-4-13(11)18/h2-3,5-8,11,13H,4H2,1H3,(H,22,24). The number of anilines is 1. The van der Waals surface area contributed by atoms with Gasteiger partial charge in [0.05, 0.1) is 18.3 Å². The third kappa shape index (κ3) is 2.51. The molecule has 0 aromatic carbocycles. The Labute approximate surface area is 136 Å². The van der Waals surface area contributed by atoms with Crippen LogP contribution in [0.2, 0.25) is 0 Å². The van der Waals surface area contributed by atoms with Crippen molar-refractivity contribution in [1.29, 1.82) is 0 Å². The number of pyridine rings is 2. The van der Waals surface area contributed by atoms with Gasteiger partial charge in [-0.15, -0.1) is 0 Å². The largest absolute Gasteiger partial charge is 0.309 e. The lowest BCUT2D eigenvalue weighted by Gasteiger charge is -2.06. The van der Waals surface area contributed by atoms with E-state index in [1.807, 2.05) is 6.07 Å². The van der Waals surface area contributed by atoms with Gasteiger partial charge in [-0.25, -0.2) is 13.8 Å². The minimum absolute atomic E-state index is 0.273. The van der Waals surface area contributed by atoms with Gasteiger partial charge in [-0.05, 0) is 31.0 Å². The van der Waals surface area contributed by atoms with Gasteiger partial charge in [0.2, 0.25) is 5.91 Å². The van der Waals surface area contributed by atoms with E-state index >= 15 is 0 Å². The molecule has 0 radical (unpaired) electrons. The third-order valence-corrected chi connectivity index (χ3v) is 4.22. The summed E-state index contributed by atoms with van der Waals surface area (Å²) in [5.41, 5.74) is 2.62. The van der Waals surface area contributed by atoms with Crippen molar-refractivity contribution in [2.24, 2.45) is 5.92 Å². The third-order valence-electron chi connectivity index (χ3n) is 4.22. The van der Waals surface area contributed by atoms with E-state index in [-0.39, 0.29) is 18.1 Å². The monoisotopic (exact) mass is 328 g/mol. The first-order chi connectivity index (χ1) is 11.5. The van der Waals surface area contributed by atoms with E-state index in [0.29, 0.717) is 22.6 Å². The van der Waals surface area contributed by atoms with Gasteiger partial charge >= 0.3 is 0 Å². The van der Waals surface area contributed by atoms with Crippen molar-refractivity contribution in [2.75, 3.05) is 5.32 Å². The summed E-state index contributed by atoms with van der Waals surface area (Å²) in [7, 11) is 0. The van der Waals surface area contributed by atoms with E-state index in [4.69, 9.17) is 0 Å². The van der Waals surface area contributed by atoms with Gasteiger partial charge in [0.1, 0.15) is 17.6 Å². The Morgan fingerprint density at radius 1 is 1.33 bits per heavy atom. The first-order valence-corrected chi connectivity index (χ1v) is 7.57. The first-order valence-electron chi connectivity index (χ1n) is 7.57. The number of amides is 1. The minimum atomic E-state index is -1.04. The second-order valence-corrected chi connectivity index (χ2v) is 5.95. The number of imidazole rings is 1. The average molecular weight is 328 g/mol. The lowest BCUT2D eigenvalue weighted by Crippen LogP contribution is -2.15. The smallest absolute Gasteiger partial charge is 0.231 e. The zero-order valence-corrected chi connectivity index (χ0v) is 12.8. The van der Waals surface area contributed by atoms with Crippen molar-refractivity contribution in [3.63, 3.8) is 0 Å². The molecule has 0 spiro atoms. The van der Waals surface area contributed by atoms with Crippen LogP contribution in [0.15, 0.2) is 36.9 Å². The van der Waals surface area contributed by atoms with Crippen LogP contribution in [0, 0.1) is 18.7 Å². The maximum absolute atomic E-state index is 13.7. The maximum Gasteiger partial charge on any atom is 0.231 e. The second kappa shape index (κ2) is 5.36. The fraction of sp³-hybridized carbons (Fsp3) is 0.235. The highest BCUT2D eigenvalue weighted by atomic mass is 19.1. The maximum atomic E-state index is 13.7. The van der Waals surface area contributed by atoms with Crippen molar-refractivity contribution in [1.82, 2.24) is 14.4 Å². The highest BCUT2D eigenvalue weighted by molar-refractivity contribution is 5.94. The van der Waals surface area contributed by atoms with Crippen molar-refractivity contribution < 1.29 is 13.6 Å². The Balaban J connectivity index is 1.66. The Hall–Kier alpha value is -2.83. The number of carbonyl (C=O) groups excluding carboxylic acids is 1. The first kappa shape index (κ1) is 14.7. The topological polar surface area (TPSA) is 59.3 Å². The fourth-order valence-electron chi connectivity index (χ4n) is 2.66. The Kier molecular flexibility index (Phi) is 3.30. The van der Waals surface area contributed by atoms with Crippen LogP contribution in [-0.2, 0) is 4.79 Å². The highest BCUT2D eigenvalue weighted by Crippen LogP contribution is 2.34. The summed E-state index contributed by atoms with van der Waals surface area (Å²) in [6.07, 6.45) is 5.45. The van der Waals surface area contributed by atoms with E-state index in [1.165, 1.54) is 6.20 Å². The zero-order valence-electron chi connectivity index (χ0n) is 12.8. The Morgan fingerprint density at radius 2 is 2.12 bits per heavy atom. The Morgan fingerprint density at radius 3 is 2.88 bits per heavy atom. The normalized spacial score (nSPS) is 19.5. The molecule has 0 aliphatic heterocycles. The van der Waals surface area contributed by atoms with Crippen molar-refractivity contribution in [3.05, 3.63) is 48.3 Å². The quantitative estimate of drug-likeness (QED) is 0.803. The highest BCUT2D eigenvalue weighted by Gasteiger charge is 2.43. The predicted molar refractivity (Wildman–Crippen MR) is 84.8 cm³/mol. The molecule has 1 fully saturated rings. The van der Waals surface area contributed by atoms with Gasteiger partial charge in [0.25, 0.3) is 0 Å². The molecule has 0 saturated heterocycles. The molecule has 3 aromatic heterocycles. The van der Waals surface area contributed by atoms with Crippen LogP contribution in [0.25, 0.3) is 16.8 Å². The fourth-order valence-corrected chi connectivity index (χ4v) is 2.66. The summed E-state index contributed by atoms with van der Waals surface area (Å²) < 4.78 is 28.3. The molecule has 5 nitrogen and oxygen atoms in total. The number of alkyl halides is 1. The van der Waals surface area contributed by atoms with Crippen LogP contribution >= 0.6 is 0 Å². The number of carbonyl (C=O) groups is 1. The summed E-state index contributed by atoms with van der Waals surface area (Å²) in [4.78, 5) is 20.0. The predicted octanol–water partition coefficient (Wildman–Crippen LogP) is 3.14. The molecule has 24 heavy (non-hydrogen) atoms. The molecule has 1 amide bonds. The van der Waals surface area contributed by atoms with Gasteiger partial charge in [0.15, 0.2) is 5.82 Å². The molecular formula is C17H14F2N4O. The number of nitrogens with zero attached hydrogens (tertiary/aromatic N) is 3. The molecule has 4 rings (SSSR count). The lowest BCUT2D eigenvalue weighted by molar-refractivity contribution is -0.117. The number of hydrogen-bond donors (Lipinski definition) is 1. The zero-order chi connectivity index (χ0) is 16.8. The van der Waals surface area contributed by atoms with Gasteiger partial charge in [0, 0.05) is 23.5 Å². The van der Waals surface area contributed by atoms with Gasteiger partial charge in [-0.2, -0.15) is 0 Å². The number of rotatable bonds is 3. The molecule has 1 aliphatic rings. The van der Waals surface area contributed by atoms with Crippen LogP contribution in [0.5, 0.6) is 0 Å². The Bertz CT molecular complexity index is 953. The minimum Gasteiger partial charge on any atom is -0.309 e. The summed E-state index contributed by atoms with van der Waals surface area (Å²) in [6.45, 7) is 1.69. The second-order valence-electron chi connectivity index (χ2n) is 5.95. The number of nitrogens with one attached hydrogen (secondary N) is 1. The SMILES string of the molecule is Cc1c(F)cncc1-c1ccc2nc(NC(=O)C3CC3F)cn2c1. The average Bonchev–Trinajstić information content (AvgIpc) is 3.15. The van der Waals surface area contributed by atoms with Crippen LogP contribution in [0.4, 0.5) is 14.6 Å². The number of halogens is 2. The number of fused-ring (bicyclic) bond motifs is 1. The van der Waals surface area contributed by atoms with Crippen LogP contribution in [0.1, 0.15) is 12.0 Å². The molecule has 7 heteroatoms. The number of hydrogen-bond acceptors (Lipinski definition) is 3. The summed E-state index contributed by atoms with van der Waals surface area (Å²) in [5.74, 6) is -0.913. The molecule has 3 aromatic rings. The summed E-state index contributed by atoms with van der Waals surface area (Å²) >= 11 is 0. The summed E-state index contributed by atoms with van der Waals surface area (Å²) in [6, 6.07) is 3.58. The molecule has 1 aliphatic carbocycles. The molecule has 122 valence electrons. The lowest BCUT2D eigenvalue weighted by atomic mass is 10.0.